The van der Waals surface area contributed by atoms with E-state index >= 15 is 0 Å². The number of hydrogen-bond acceptors (Lipinski definition) is 6. The molecule has 5 rings (SSSR count). The molecule has 1 atom stereocenters. The van der Waals surface area contributed by atoms with Crippen LogP contribution in [0.3, 0.4) is 0 Å². The van der Waals surface area contributed by atoms with Crippen LogP contribution in [0.2, 0.25) is 0 Å². The molecular weight excluding hydrogens is 605 g/mol. The lowest BCUT2D eigenvalue weighted by molar-refractivity contribution is 0.0510. The van der Waals surface area contributed by atoms with Crippen LogP contribution < -0.4 is 10.2 Å². The Balaban J connectivity index is 1.54. The number of thioether (sulfide) groups is 1. The van der Waals surface area contributed by atoms with Gasteiger partial charge in [0.2, 0.25) is 0 Å². The van der Waals surface area contributed by atoms with E-state index in [0.717, 1.165) is 33.2 Å². The number of rotatable bonds is 11. The van der Waals surface area contributed by atoms with Crippen molar-refractivity contribution in [3.05, 3.63) is 150 Å². The fraction of sp³-hybridized carbons (Fsp3) is 0.250. The van der Waals surface area contributed by atoms with Gasteiger partial charge in [-0.2, -0.15) is 0 Å². The third kappa shape index (κ3) is 7.80. The zero-order valence-corrected chi connectivity index (χ0v) is 28.4. The number of hydrogen-bond donors (Lipinski definition) is 1. The first-order valence-corrected chi connectivity index (χ1v) is 16.7. The number of carbonyl (C=O) groups excluding carboxylic acids is 2. The summed E-state index contributed by atoms with van der Waals surface area (Å²) in [7, 11) is 3.40. The summed E-state index contributed by atoms with van der Waals surface area (Å²) in [5.41, 5.74) is 4.26. The van der Waals surface area contributed by atoms with Crippen LogP contribution in [0, 0.1) is 0 Å². The van der Waals surface area contributed by atoms with E-state index in [1.807, 2.05) is 76.3 Å². The molecule has 47 heavy (non-hydrogen) atoms. The van der Waals surface area contributed by atoms with Crippen LogP contribution >= 0.6 is 11.8 Å². The lowest BCUT2D eigenvalue weighted by Crippen LogP contribution is -2.47. The molecule has 0 aliphatic carbocycles. The average molecular weight is 647 g/mol. The van der Waals surface area contributed by atoms with Gasteiger partial charge in [-0.25, -0.2) is 9.59 Å². The number of benzene rings is 5. The first kappa shape index (κ1) is 33.6. The summed E-state index contributed by atoms with van der Waals surface area (Å²) < 4.78 is 10.2. The minimum Gasteiger partial charge on any atom is -0.465 e. The van der Waals surface area contributed by atoms with Crippen molar-refractivity contribution < 1.29 is 19.1 Å². The molecule has 1 amide bonds. The molecule has 0 saturated heterocycles. The van der Waals surface area contributed by atoms with Crippen molar-refractivity contribution in [1.82, 2.24) is 5.32 Å². The number of esters is 1. The summed E-state index contributed by atoms with van der Waals surface area (Å²) in [5, 5.41) is 4.93. The van der Waals surface area contributed by atoms with Crippen molar-refractivity contribution in [2.45, 2.75) is 37.2 Å². The van der Waals surface area contributed by atoms with Crippen LogP contribution in [0.25, 0.3) is 10.8 Å². The number of fused-ring (bicyclic) bond motifs is 1. The highest BCUT2D eigenvalue weighted by Gasteiger charge is 2.38. The van der Waals surface area contributed by atoms with Crippen molar-refractivity contribution >= 4 is 40.3 Å². The second kappa shape index (κ2) is 14.8. The summed E-state index contributed by atoms with van der Waals surface area (Å²) in [6.45, 7) is 6.08. The quantitative estimate of drug-likeness (QED) is 0.114. The molecule has 5 aromatic carbocycles. The molecule has 0 radical (unpaired) electrons. The van der Waals surface area contributed by atoms with Crippen molar-refractivity contribution in [3.8, 4) is 0 Å². The maximum absolute atomic E-state index is 13.3. The Morgan fingerprint density at radius 3 is 1.74 bits per heavy atom. The van der Waals surface area contributed by atoms with Crippen molar-refractivity contribution in [2.24, 2.45) is 0 Å². The Labute approximate surface area is 282 Å². The minimum atomic E-state index is -0.643. The highest BCUT2D eigenvalue weighted by atomic mass is 32.2. The Morgan fingerprint density at radius 1 is 0.723 bits per heavy atom. The molecule has 0 aliphatic rings. The molecule has 7 heteroatoms. The van der Waals surface area contributed by atoms with E-state index in [1.54, 1.807) is 17.8 Å². The van der Waals surface area contributed by atoms with Gasteiger partial charge in [-0.1, -0.05) is 115 Å². The smallest absolute Gasteiger partial charge is 0.407 e. The van der Waals surface area contributed by atoms with Crippen LogP contribution in [0.1, 0.15) is 47.8 Å². The summed E-state index contributed by atoms with van der Waals surface area (Å²) in [6, 6.07) is 42.8. The number of methoxy groups -OCH3 is 1. The fourth-order valence-electron chi connectivity index (χ4n) is 5.95. The Morgan fingerprint density at radius 2 is 1.23 bits per heavy atom. The zero-order valence-electron chi connectivity index (χ0n) is 27.6. The van der Waals surface area contributed by atoms with Crippen LogP contribution in [0.5, 0.6) is 0 Å². The van der Waals surface area contributed by atoms with Crippen LogP contribution in [-0.2, 0) is 14.2 Å². The molecule has 1 unspecified atom stereocenters. The van der Waals surface area contributed by atoms with Gasteiger partial charge in [0.25, 0.3) is 0 Å². The van der Waals surface area contributed by atoms with E-state index in [0.29, 0.717) is 17.9 Å². The Bertz CT molecular complexity index is 1690. The molecule has 1 N–H and O–H groups in total. The molecule has 0 spiro atoms. The Hall–Kier alpha value is -4.75. The van der Waals surface area contributed by atoms with Gasteiger partial charge >= 0.3 is 12.1 Å². The Kier molecular flexibility index (Phi) is 10.6. The van der Waals surface area contributed by atoms with Gasteiger partial charge in [0.05, 0.1) is 23.5 Å². The summed E-state index contributed by atoms with van der Waals surface area (Å²) in [6.07, 6.45) is -0.466. The van der Waals surface area contributed by atoms with E-state index in [4.69, 9.17) is 9.47 Å². The van der Waals surface area contributed by atoms with E-state index in [1.165, 1.54) is 7.11 Å². The minimum absolute atomic E-state index is 0.311. The number of amides is 1. The van der Waals surface area contributed by atoms with Crippen LogP contribution in [-0.4, -0.2) is 50.2 Å². The standard InChI is InChI=1S/C40H42N2O4S/c1-39(2,3)46-38(44)41-32(27-42(4)36-26-16-23-33-34(36)24-15-25-35(33)37(43)45-5)28-47-40(29-17-9-6-10-18-29,30-19-11-7-12-20-30)31-21-13-8-14-22-31/h6-26,32H,27-28H2,1-5H3,(H,41,44). The molecule has 242 valence electrons. The van der Waals surface area contributed by atoms with E-state index in [2.05, 4.69) is 83.0 Å². The zero-order chi connectivity index (χ0) is 33.4. The third-order valence-electron chi connectivity index (χ3n) is 7.97. The number of anilines is 1. The maximum atomic E-state index is 13.3. The molecule has 5 aromatic rings. The molecule has 0 aliphatic heterocycles. The number of nitrogens with zero attached hydrogens (tertiary/aromatic N) is 1. The molecule has 0 heterocycles. The van der Waals surface area contributed by atoms with Gasteiger partial charge < -0.3 is 19.7 Å². The highest BCUT2D eigenvalue weighted by Crippen LogP contribution is 2.48. The normalized spacial score (nSPS) is 12.3. The average Bonchev–Trinajstić information content (AvgIpc) is 3.08. The number of ether oxygens (including phenoxy) is 2. The molecule has 6 nitrogen and oxygen atoms in total. The highest BCUT2D eigenvalue weighted by molar-refractivity contribution is 8.00. The third-order valence-corrected chi connectivity index (χ3v) is 9.68. The lowest BCUT2D eigenvalue weighted by atomic mass is 9.84. The summed E-state index contributed by atoms with van der Waals surface area (Å²) in [5.74, 6) is 0.191. The topological polar surface area (TPSA) is 67.9 Å². The van der Waals surface area contributed by atoms with Crippen LogP contribution in [0.15, 0.2) is 127 Å². The van der Waals surface area contributed by atoms with Gasteiger partial charge in [0, 0.05) is 30.4 Å². The molecule has 0 fully saturated rings. The SMILES string of the molecule is COC(=O)c1cccc2c(N(C)CC(CSC(c3ccccc3)(c3ccccc3)c3ccccc3)NC(=O)OC(C)(C)C)cccc12. The monoisotopic (exact) mass is 646 g/mol. The summed E-state index contributed by atoms with van der Waals surface area (Å²) >= 11 is 1.79. The van der Waals surface area contributed by atoms with Gasteiger partial charge in [-0.3, -0.25) is 0 Å². The summed E-state index contributed by atoms with van der Waals surface area (Å²) in [4.78, 5) is 28.0. The van der Waals surface area contributed by atoms with Gasteiger partial charge in [0.1, 0.15) is 5.60 Å². The largest absolute Gasteiger partial charge is 0.465 e. The predicted octanol–water partition coefficient (Wildman–Crippen LogP) is 8.68. The second-order valence-electron chi connectivity index (χ2n) is 12.5. The number of carbonyl (C=O) groups is 2. The molecule has 0 bridgehead atoms. The first-order chi connectivity index (χ1) is 22.6. The maximum Gasteiger partial charge on any atom is 0.407 e. The van der Waals surface area contributed by atoms with Crippen LogP contribution in [0.4, 0.5) is 10.5 Å². The van der Waals surface area contributed by atoms with Crippen molar-refractivity contribution in [2.75, 3.05) is 31.4 Å². The van der Waals surface area contributed by atoms with E-state index in [-0.39, 0.29) is 12.0 Å². The van der Waals surface area contributed by atoms with Crippen molar-refractivity contribution in [1.29, 1.82) is 0 Å². The molecule has 0 saturated carbocycles. The second-order valence-corrected chi connectivity index (χ2v) is 13.7. The predicted molar refractivity (Wildman–Crippen MR) is 193 cm³/mol. The lowest BCUT2D eigenvalue weighted by Gasteiger charge is -2.37. The first-order valence-electron chi connectivity index (χ1n) is 15.7. The molecular formula is C40H42N2O4S. The van der Waals surface area contributed by atoms with Gasteiger partial charge in [-0.05, 0) is 55.0 Å². The van der Waals surface area contributed by atoms with E-state index in [9.17, 15) is 9.59 Å². The van der Waals surface area contributed by atoms with E-state index < -0.39 is 16.4 Å². The fourth-order valence-corrected chi connectivity index (χ4v) is 7.50. The number of alkyl carbamates (subject to hydrolysis) is 1. The number of likely N-dealkylation sites (N-methyl/N-ethyl adjacent to an activating group) is 1. The van der Waals surface area contributed by atoms with Gasteiger partial charge in [-0.15, -0.1) is 11.8 Å². The van der Waals surface area contributed by atoms with Gasteiger partial charge in [0.15, 0.2) is 0 Å². The number of nitrogens with one attached hydrogen (secondary N) is 1. The van der Waals surface area contributed by atoms with Crippen molar-refractivity contribution in [3.63, 3.8) is 0 Å². The molecule has 0 aromatic heterocycles.